The number of hydrogen-bond acceptors (Lipinski definition) is 3. The van der Waals surface area contributed by atoms with Gasteiger partial charge in [-0.1, -0.05) is 0 Å². The molecule has 1 aromatic rings. The summed E-state index contributed by atoms with van der Waals surface area (Å²) in [6.45, 7) is 2.38. The summed E-state index contributed by atoms with van der Waals surface area (Å²) in [5.41, 5.74) is 1.03. The van der Waals surface area contributed by atoms with Crippen LogP contribution in [0.3, 0.4) is 0 Å². The minimum absolute atomic E-state index is 0. The first kappa shape index (κ1) is 15.2. The van der Waals surface area contributed by atoms with E-state index in [4.69, 9.17) is 4.74 Å². The molecule has 0 spiro atoms. The molecule has 1 unspecified atom stereocenters. The highest BCUT2D eigenvalue weighted by atomic mass is 127. The van der Waals surface area contributed by atoms with Crippen molar-refractivity contribution in [3.05, 3.63) is 18.0 Å². The Morgan fingerprint density at radius 3 is 3.11 bits per heavy atom. The second-order valence-corrected chi connectivity index (χ2v) is 4.02. The third-order valence-corrected chi connectivity index (χ3v) is 2.75. The molecule has 1 atom stereocenters. The van der Waals surface area contributed by atoms with E-state index in [1.807, 2.05) is 6.07 Å². The van der Waals surface area contributed by atoms with Gasteiger partial charge in [0.15, 0.2) is 5.96 Å². The van der Waals surface area contributed by atoms with Crippen molar-refractivity contribution in [2.45, 2.75) is 25.5 Å². The summed E-state index contributed by atoms with van der Waals surface area (Å²) in [6.07, 6.45) is 4.34. The number of hydrogen-bond donors (Lipinski definition) is 3. The van der Waals surface area contributed by atoms with E-state index in [-0.39, 0.29) is 24.0 Å². The highest BCUT2D eigenvalue weighted by molar-refractivity contribution is 14.0. The standard InChI is InChI=1S/C11H19N5O.HI/c1-12-11(13-7-9-4-5-15-16-9)14-8-10-3-2-6-17-10;/h4-5,10H,2-3,6-8H2,1H3,(H,15,16)(H2,12,13,14);1H. The fourth-order valence-electron chi connectivity index (χ4n) is 1.80. The Bertz CT molecular complexity index is 348. The lowest BCUT2D eigenvalue weighted by Crippen LogP contribution is -2.40. The van der Waals surface area contributed by atoms with Gasteiger partial charge in [-0.05, 0) is 18.9 Å². The van der Waals surface area contributed by atoms with Gasteiger partial charge >= 0.3 is 0 Å². The highest BCUT2D eigenvalue weighted by Crippen LogP contribution is 2.10. The minimum atomic E-state index is 0. The van der Waals surface area contributed by atoms with Crippen molar-refractivity contribution in [3.8, 4) is 0 Å². The third kappa shape index (κ3) is 4.81. The monoisotopic (exact) mass is 365 g/mol. The molecular weight excluding hydrogens is 345 g/mol. The van der Waals surface area contributed by atoms with Gasteiger partial charge in [0.2, 0.25) is 0 Å². The molecule has 0 aromatic carbocycles. The zero-order valence-corrected chi connectivity index (χ0v) is 12.8. The topological polar surface area (TPSA) is 74.3 Å². The number of nitrogens with one attached hydrogen (secondary N) is 3. The van der Waals surface area contributed by atoms with E-state index in [0.29, 0.717) is 12.6 Å². The average Bonchev–Trinajstić information content (AvgIpc) is 3.02. The van der Waals surface area contributed by atoms with E-state index < -0.39 is 0 Å². The zero-order valence-electron chi connectivity index (χ0n) is 10.5. The molecule has 1 aromatic heterocycles. The Labute approximate surface area is 124 Å². The average molecular weight is 365 g/mol. The van der Waals surface area contributed by atoms with Crippen LogP contribution in [0, 0.1) is 0 Å². The van der Waals surface area contributed by atoms with Crippen molar-refractivity contribution >= 4 is 29.9 Å². The number of halogens is 1. The first-order valence-corrected chi connectivity index (χ1v) is 5.93. The van der Waals surface area contributed by atoms with Crippen molar-refractivity contribution in [3.63, 3.8) is 0 Å². The molecule has 18 heavy (non-hydrogen) atoms. The predicted octanol–water partition coefficient (Wildman–Crippen LogP) is 0.872. The largest absolute Gasteiger partial charge is 0.376 e. The molecule has 1 aliphatic rings. The van der Waals surface area contributed by atoms with Gasteiger partial charge in [0.25, 0.3) is 0 Å². The Morgan fingerprint density at radius 2 is 2.50 bits per heavy atom. The van der Waals surface area contributed by atoms with E-state index in [0.717, 1.165) is 37.6 Å². The van der Waals surface area contributed by atoms with Crippen LogP contribution in [0.2, 0.25) is 0 Å². The van der Waals surface area contributed by atoms with E-state index in [1.165, 1.54) is 0 Å². The summed E-state index contributed by atoms with van der Waals surface area (Å²) >= 11 is 0. The smallest absolute Gasteiger partial charge is 0.191 e. The van der Waals surface area contributed by atoms with Crippen molar-refractivity contribution in [1.29, 1.82) is 0 Å². The van der Waals surface area contributed by atoms with Crippen molar-refractivity contribution < 1.29 is 4.74 Å². The summed E-state index contributed by atoms with van der Waals surface area (Å²) in [7, 11) is 1.76. The summed E-state index contributed by atoms with van der Waals surface area (Å²) < 4.78 is 5.54. The number of aliphatic imine (C=N–C) groups is 1. The molecule has 1 saturated heterocycles. The first-order chi connectivity index (χ1) is 8.38. The van der Waals surface area contributed by atoms with Crippen LogP contribution in [0.5, 0.6) is 0 Å². The van der Waals surface area contributed by atoms with Crippen molar-refractivity contribution in [1.82, 2.24) is 20.8 Å². The number of aromatic nitrogens is 2. The van der Waals surface area contributed by atoms with Crippen LogP contribution in [0.15, 0.2) is 17.3 Å². The van der Waals surface area contributed by atoms with E-state index >= 15 is 0 Å². The first-order valence-electron chi connectivity index (χ1n) is 5.93. The molecule has 1 aliphatic heterocycles. The van der Waals surface area contributed by atoms with Gasteiger partial charge < -0.3 is 15.4 Å². The van der Waals surface area contributed by atoms with E-state index in [1.54, 1.807) is 13.2 Å². The van der Waals surface area contributed by atoms with Crippen molar-refractivity contribution in [2.75, 3.05) is 20.2 Å². The molecule has 0 radical (unpaired) electrons. The number of nitrogens with zero attached hydrogens (tertiary/aromatic N) is 2. The maximum absolute atomic E-state index is 5.54. The summed E-state index contributed by atoms with van der Waals surface area (Å²) in [5, 5.41) is 13.2. The van der Waals surface area contributed by atoms with Gasteiger partial charge in [0, 0.05) is 26.4 Å². The number of H-pyrrole nitrogens is 1. The van der Waals surface area contributed by atoms with Gasteiger partial charge in [-0.15, -0.1) is 24.0 Å². The second kappa shape index (κ2) is 8.30. The Morgan fingerprint density at radius 1 is 1.61 bits per heavy atom. The third-order valence-electron chi connectivity index (χ3n) is 2.75. The van der Waals surface area contributed by atoms with Gasteiger partial charge in [0.1, 0.15) is 0 Å². The van der Waals surface area contributed by atoms with Crippen LogP contribution >= 0.6 is 24.0 Å². The molecule has 7 heteroatoms. The summed E-state index contributed by atoms with van der Waals surface area (Å²) in [6, 6.07) is 1.93. The quantitative estimate of drug-likeness (QED) is 0.421. The minimum Gasteiger partial charge on any atom is -0.376 e. The lowest BCUT2D eigenvalue weighted by atomic mass is 10.2. The molecule has 2 heterocycles. The number of ether oxygens (including phenoxy) is 1. The summed E-state index contributed by atoms with van der Waals surface area (Å²) in [4.78, 5) is 4.15. The molecule has 2 rings (SSSR count). The molecule has 0 saturated carbocycles. The highest BCUT2D eigenvalue weighted by Gasteiger charge is 2.15. The van der Waals surface area contributed by atoms with Gasteiger partial charge in [-0.25, -0.2) is 0 Å². The normalized spacial score (nSPS) is 19.4. The molecule has 0 bridgehead atoms. The molecule has 1 fully saturated rings. The fraction of sp³-hybridized carbons (Fsp3) is 0.636. The van der Waals surface area contributed by atoms with Crippen LogP contribution in [0.1, 0.15) is 18.5 Å². The van der Waals surface area contributed by atoms with Crippen LogP contribution in [0.25, 0.3) is 0 Å². The maximum Gasteiger partial charge on any atom is 0.191 e. The van der Waals surface area contributed by atoms with Gasteiger partial charge in [-0.3, -0.25) is 10.1 Å². The van der Waals surface area contributed by atoms with Gasteiger partial charge in [0.05, 0.1) is 18.3 Å². The van der Waals surface area contributed by atoms with Crippen molar-refractivity contribution in [2.24, 2.45) is 4.99 Å². The Kier molecular flexibility index (Phi) is 7.02. The summed E-state index contributed by atoms with van der Waals surface area (Å²) in [5.74, 6) is 0.787. The fourth-order valence-corrected chi connectivity index (χ4v) is 1.80. The Balaban J connectivity index is 0.00000162. The predicted molar refractivity (Wildman–Crippen MR) is 81.2 cm³/mol. The molecular formula is C11H20IN5O. The Hall–Kier alpha value is -0.830. The van der Waals surface area contributed by atoms with Crippen LogP contribution in [0.4, 0.5) is 0 Å². The van der Waals surface area contributed by atoms with E-state index in [2.05, 4.69) is 25.8 Å². The molecule has 0 aliphatic carbocycles. The van der Waals surface area contributed by atoms with Crippen LogP contribution in [-0.2, 0) is 11.3 Å². The molecule has 0 amide bonds. The second-order valence-electron chi connectivity index (χ2n) is 4.02. The number of aromatic amines is 1. The molecule has 3 N–H and O–H groups in total. The molecule has 6 nitrogen and oxygen atoms in total. The van der Waals surface area contributed by atoms with E-state index in [9.17, 15) is 0 Å². The number of rotatable bonds is 4. The molecule has 102 valence electrons. The van der Waals surface area contributed by atoms with Crippen LogP contribution in [-0.4, -0.2) is 42.5 Å². The van der Waals surface area contributed by atoms with Crippen LogP contribution < -0.4 is 10.6 Å². The number of guanidine groups is 1. The maximum atomic E-state index is 5.54. The lowest BCUT2D eigenvalue weighted by molar-refractivity contribution is 0.114. The zero-order chi connectivity index (χ0) is 11.9. The lowest BCUT2D eigenvalue weighted by Gasteiger charge is -2.14. The SMILES string of the molecule is CN=C(NCc1ccn[nH]1)NCC1CCCO1.I. The van der Waals surface area contributed by atoms with Gasteiger partial charge in [-0.2, -0.15) is 5.10 Å².